The van der Waals surface area contributed by atoms with E-state index in [9.17, 15) is 18.0 Å². The normalized spacial score (nSPS) is 12.8. The minimum atomic E-state index is -4.22. The third-order valence-electron chi connectivity index (χ3n) is 1.67. The van der Waals surface area contributed by atoms with Gasteiger partial charge in [0.2, 0.25) is 0 Å². The molecular formula is C8H16N2O6S. The van der Waals surface area contributed by atoms with Gasteiger partial charge >= 0.3 is 22.3 Å². The van der Waals surface area contributed by atoms with Crippen LogP contribution in [0.15, 0.2) is 0 Å². The van der Waals surface area contributed by atoms with Crippen LogP contribution in [0.3, 0.4) is 0 Å². The fraction of sp³-hybridized carbons (Fsp3) is 0.750. The van der Waals surface area contributed by atoms with Crippen molar-refractivity contribution in [2.45, 2.75) is 32.7 Å². The van der Waals surface area contributed by atoms with Gasteiger partial charge in [-0.05, 0) is 13.3 Å². The van der Waals surface area contributed by atoms with Crippen LogP contribution in [-0.2, 0) is 19.7 Å². The lowest BCUT2D eigenvalue weighted by Crippen LogP contribution is -2.48. The van der Waals surface area contributed by atoms with Crippen molar-refractivity contribution < 1.29 is 27.9 Å². The molecule has 0 fully saturated rings. The van der Waals surface area contributed by atoms with E-state index in [-0.39, 0.29) is 13.0 Å². The molecule has 1 amide bonds. The number of hydrogen-bond acceptors (Lipinski definition) is 5. The Morgan fingerprint density at radius 1 is 1.35 bits per heavy atom. The minimum absolute atomic E-state index is 0.0126. The summed E-state index contributed by atoms with van der Waals surface area (Å²) < 4.78 is 30.4. The fourth-order valence-corrected chi connectivity index (χ4v) is 1.94. The van der Waals surface area contributed by atoms with Gasteiger partial charge in [0, 0.05) is 0 Å². The summed E-state index contributed by atoms with van der Waals surface area (Å²) in [4.78, 5) is 21.6. The molecule has 3 N–H and O–H groups in total. The molecule has 0 radical (unpaired) electrons. The molecule has 0 saturated carbocycles. The van der Waals surface area contributed by atoms with Crippen molar-refractivity contribution in [3.8, 4) is 0 Å². The Balaban J connectivity index is 4.50. The van der Waals surface area contributed by atoms with Crippen LogP contribution in [0.5, 0.6) is 0 Å². The smallest absolute Gasteiger partial charge is 0.421 e. The molecule has 8 nitrogen and oxygen atoms in total. The van der Waals surface area contributed by atoms with E-state index in [2.05, 4.69) is 4.74 Å². The van der Waals surface area contributed by atoms with E-state index in [1.807, 2.05) is 4.72 Å². The van der Waals surface area contributed by atoms with Crippen molar-refractivity contribution in [2.75, 3.05) is 6.61 Å². The molecule has 1 unspecified atom stereocenters. The number of carboxylic acid groups (broad SMARTS) is 1. The standard InChI is InChI=1S/C8H16N2O6S/c1-3-5-6(7(11)12)9-17(14,15)10-8(13)16-4-2/h6,9H,3-5H2,1-2H3,(H,10,13)(H,11,12). The van der Waals surface area contributed by atoms with E-state index in [0.29, 0.717) is 6.42 Å². The number of carboxylic acids is 1. The van der Waals surface area contributed by atoms with Gasteiger partial charge in [0.1, 0.15) is 6.04 Å². The van der Waals surface area contributed by atoms with Gasteiger partial charge in [0.25, 0.3) is 0 Å². The maximum Gasteiger partial charge on any atom is 0.421 e. The molecule has 0 aliphatic carbocycles. The predicted molar refractivity (Wildman–Crippen MR) is 58.5 cm³/mol. The van der Waals surface area contributed by atoms with Crippen molar-refractivity contribution in [2.24, 2.45) is 0 Å². The van der Waals surface area contributed by atoms with Crippen molar-refractivity contribution in [1.82, 2.24) is 9.44 Å². The van der Waals surface area contributed by atoms with Crippen molar-refractivity contribution in [3.63, 3.8) is 0 Å². The third kappa shape index (κ3) is 6.74. The molecule has 0 rings (SSSR count). The maximum atomic E-state index is 11.3. The van der Waals surface area contributed by atoms with E-state index in [1.165, 1.54) is 11.6 Å². The SMILES string of the molecule is CCCC(NS(=O)(=O)NC(=O)OCC)C(=O)O. The lowest BCUT2D eigenvalue weighted by molar-refractivity contribution is -0.139. The molecule has 0 aliphatic rings. The van der Waals surface area contributed by atoms with Gasteiger partial charge in [-0.25, -0.2) is 9.52 Å². The van der Waals surface area contributed by atoms with Crippen LogP contribution >= 0.6 is 0 Å². The Hall–Kier alpha value is -1.35. The summed E-state index contributed by atoms with van der Waals surface area (Å²) in [6.07, 6.45) is -0.543. The monoisotopic (exact) mass is 268 g/mol. The lowest BCUT2D eigenvalue weighted by Gasteiger charge is -2.13. The van der Waals surface area contributed by atoms with E-state index in [1.54, 1.807) is 6.92 Å². The van der Waals surface area contributed by atoms with Gasteiger partial charge in [-0.15, -0.1) is 0 Å². The quantitative estimate of drug-likeness (QED) is 0.588. The summed E-state index contributed by atoms with van der Waals surface area (Å²) in [6.45, 7) is 3.23. The zero-order valence-electron chi connectivity index (χ0n) is 9.60. The average Bonchev–Trinajstić information content (AvgIpc) is 2.15. The highest BCUT2D eigenvalue weighted by Crippen LogP contribution is 1.98. The zero-order valence-corrected chi connectivity index (χ0v) is 10.4. The summed E-state index contributed by atoms with van der Waals surface area (Å²) in [7, 11) is -4.22. The molecule has 0 heterocycles. The van der Waals surface area contributed by atoms with E-state index in [0.717, 1.165) is 0 Å². The van der Waals surface area contributed by atoms with E-state index < -0.39 is 28.3 Å². The van der Waals surface area contributed by atoms with Gasteiger partial charge < -0.3 is 9.84 Å². The number of carbonyl (C=O) groups is 2. The van der Waals surface area contributed by atoms with Crippen LogP contribution in [0.2, 0.25) is 0 Å². The highest BCUT2D eigenvalue weighted by Gasteiger charge is 2.24. The summed E-state index contributed by atoms with van der Waals surface area (Å²) in [5.74, 6) is -1.30. The van der Waals surface area contributed by atoms with Crippen molar-refractivity contribution >= 4 is 22.3 Å². The van der Waals surface area contributed by atoms with Crippen LogP contribution in [-0.4, -0.2) is 38.2 Å². The molecule has 100 valence electrons. The first-order valence-electron chi connectivity index (χ1n) is 5.02. The first-order chi connectivity index (χ1) is 7.82. The highest BCUT2D eigenvalue weighted by atomic mass is 32.2. The number of rotatable bonds is 7. The number of aliphatic carboxylic acids is 1. The molecule has 0 aromatic carbocycles. The number of nitrogens with one attached hydrogen (secondary N) is 2. The Morgan fingerprint density at radius 2 is 1.94 bits per heavy atom. The van der Waals surface area contributed by atoms with Gasteiger partial charge in [-0.2, -0.15) is 13.1 Å². The largest absolute Gasteiger partial charge is 0.480 e. The van der Waals surface area contributed by atoms with Crippen LogP contribution < -0.4 is 9.44 Å². The summed E-state index contributed by atoms with van der Waals surface area (Å²) in [6, 6.07) is -1.27. The first-order valence-corrected chi connectivity index (χ1v) is 6.50. The first kappa shape index (κ1) is 15.7. The number of hydrogen-bond donors (Lipinski definition) is 3. The molecule has 1 atom stereocenters. The topological polar surface area (TPSA) is 122 Å². The summed E-state index contributed by atoms with van der Waals surface area (Å²) in [5.41, 5.74) is 0. The zero-order chi connectivity index (χ0) is 13.5. The molecule has 0 aromatic heterocycles. The third-order valence-corrected chi connectivity index (χ3v) is 2.70. The predicted octanol–water partition coefficient (Wildman–Crippen LogP) is -0.180. The number of ether oxygens (including phenoxy) is 1. The van der Waals surface area contributed by atoms with E-state index in [4.69, 9.17) is 5.11 Å². The van der Waals surface area contributed by atoms with Gasteiger partial charge in [-0.1, -0.05) is 13.3 Å². The average molecular weight is 268 g/mol. The Bertz CT molecular complexity index is 366. The number of carbonyl (C=O) groups excluding carboxylic acids is 1. The Morgan fingerprint density at radius 3 is 2.35 bits per heavy atom. The fourth-order valence-electron chi connectivity index (χ4n) is 1.01. The van der Waals surface area contributed by atoms with Crippen LogP contribution in [0, 0.1) is 0 Å². The van der Waals surface area contributed by atoms with Gasteiger partial charge in [-0.3, -0.25) is 4.79 Å². The lowest BCUT2D eigenvalue weighted by atomic mass is 10.2. The van der Waals surface area contributed by atoms with Crippen LogP contribution in [0.25, 0.3) is 0 Å². The van der Waals surface area contributed by atoms with Gasteiger partial charge in [0.05, 0.1) is 6.61 Å². The van der Waals surface area contributed by atoms with Crippen LogP contribution in [0.4, 0.5) is 4.79 Å². The minimum Gasteiger partial charge on any atom is -0.480 e. The molecule has 0 saturated heterocycles. The molecule has 0 spiro atoms. The van der Waals surface area contributed by atoms with Crippen LogP contribution in [0.1, 0.15) is 26.7 Å². The van der Waals surface area contributed by atoms with Crippen molar-refractivity contribution in [3.05, 3.63) is 0 Å². The summed E-state index contributed by atoms with van der Waals surface area (Å²) in [5, 5.41) is 8.73. The number of amides is 1. The maximum absolute atomic E-state index is 11.3. The van der Waals surface area contributed by atoms with E-state index >= 15 is 0 Å². The molecule has 0 aliphatic heterocycles. The molecule has 0 bridgehead atoms. The molecular weight excluding hydrogens is 252 g/mol. The second-order valence-corrected chi connectivity index (χ2v) is 4.57. The second kappa shape index (κ2) is 7.07. The van der Waals surface area contributed by atoms with Gasteiger partial charge in [0.15, 0.2) is 0 Å². The summed E-state index contributed by atoms with van der Waals surface area (Å²) >= 11 is 0. The molecule has 0 aromatic rings. The molecule has 17 heavy (non-hydrogen) atoms. The highest BCUT2D eigenvalue weighted by molar-refractivity contribution is 7.88. The Kier molecular flexibility index (Phi) is 6.51. The molecule has 9 heteroatoms. The second-order valence-electron chi connectivity index (χ2n) is 3.12. The Labute approximate surface area is 99.5 Å². The van der Waals surface area contributed by atoms with Crippen molar-refractivity contribution in [1.29, 1.82) is 0 Å².